The standard InChI is InChI=1S/C13H12ClN3S/c1-8-6-10(14)3-4-11(8)17-12-5-2-9(7-16-12)13(15)18/h2-7H,1H3,(H2,15,18)(H,16,17). The maximum atomic E-state index is 5.90. The predicted molar refractivity (Wildman–Crippen MR) is 79.6 cm³/mol. The maximum absolute atomic E-state index is 5.90. The molecule has 0 atom stereocenters. The van der Waals surface area contributed by atoms with Crippen molar-refractivity contribution in [1.82, 2.24) is 4.98 Å². The van der Waals surface area contributed by atoms with Crippen molar-refractivity contribution in [3.8, 4) is 0 Å². The van der Waals surface area contributed by atoms with Crippen LogP contribution in [0.1, 0.15) is 11.1 Å². The van der Waals surface area contributed by atoms with Crippen LogP contribution < -0.4 is 11.1 Å². The summed E-state index contributed by atoms with van der Waals surface area (Å²) in [5.41, 5.74) is 8.29. The molecule has 3 nitrogen and oxygen atoms in total. The zero-order valence-electron chi connectivity index (χ0n) is 9.77. The first-order valence-electron chi connectivity index (χ1n) is 5.35. The van der Waals surface area contributed by atoms with Gasteiger partial charge < -0.3 is 11.1 Å². The third-order valence-corrected chi connectivity index (χ3v) is 2.97. The van der Waals surface area contributed by atoms with Crippen molar-refractivity contribution in [2.45, 2.75) is 6.92 Å². The normalized spacial score (nSPS) is 10.1. The van der Waals surface area contributed by atoms with Crippen molar-refractivity contribution in [3.63, 3.8) is 0 Å². The van der Waals surface area contributed by atoms with E-state index in [1.807, 2.05) is 37.3 Å². The molecule has 0 aliphatic rings. The van der Waals surface area contributed by atoms with Crippen LogP contribution in [-0.2, 0) is 0 Å². The molecule has 5 heteroatoms. The van der Waals surface area contributed by atoms with Gasteiger partial charge in [-0.1, -0.05) is 23.8 Å². The summed E-state index contributed by atoms with van der Waals surface area (Å²) < 4.78 is 0. The summed E-state index contributed by atoms with van der Waals surface area (Å²) in [6.45, 7) is 1.98. The first-order valence-corrected chi connectivity index (χ1v) is 6.14. The number of thiocarbonyl (C=S) groups is 1. The SMILES string of the molecule is Cc1cc(Cl)ccc1Nc1ccc(C(N)=S)cn1. The molecule has 0 fully saturated rings. The van der Waals surface area contributed by atoms with Crippen molar-refractivity contribution < 1.29 is 0 Å². The lowest BCUT2D eigenvalue weighted by atomic mass is 10.2. The van der Waals surface area contributed by atoms with E-state index < -0.39 is 0 Å². The molecule has 18 heavy (non-hydrogen) atoms. The summed E-state index contributed by atoms with van der Waals surface area (Å²) in [6, 6.07) is 9.32. The van der Waals surface area contributed by atoms with Gasteiger partial charge in [0.15, 0.2) is 0 Å². The molecule has 3 N–H and O–H groups in total. The number of anilines is 2. The fourth-order valence-electron chi connectivity index (χ4n) is 1.52. The lowest BCUT2D eigenvalue weighted by Crippen LogP contribution is -2.09. The Morgan fingerprint density at radius 2 is 2.11 bits per heavy atom. The largest absolute Gasteiger partial charge is 0.389 e. The van der Waals surface area contributed by atoms with Gasteiger partial charge in [0.2, 0.25) is 0 Å². The molecular weight excluding hydrogens is 266 g/mol. The number of nitrogens with zero attached hydrogens (tertiary/aromatic N) is 1. The van der Waals surface area contributed by atoms with E-state index in [4.69, 9.17) is 29.6 Å². The lowest BCUT2D eigenvalue weighted by Gasteiger charge is -2.09. The molecule has 0 saturated heterocycles. The van der Waals surface area contributed by atoms with Crippen molar-refractivity contribution in [3.05, 3.63) is 52.7 Å². The molecule has 2 rings (SSSR count). The number of aryl methyl sites for hydroxylation is 1. The van der Waals surface area contributed by atoms with Crippen molar-refractivity contribution >= 4 is 40.3 Å². The van der Waals surface area contributed by atoms with Crippen LogP contribution in [-0.4, -0.2) is 9.97 Å². The van der Waals surface area contributed by atoms with E-state index >= 15 is 0 Å². The number of nitrogens with one attached hydrogen (secondary N) is 1. The number of hydrogen-bond donors (Lipinski definition) is 2. The number of hydrogen-bond acceptors (Lipinski definition) is 3. The van der Waals surface area contributed by atoms with Gasteiger partial charge in [0.1, 0.15) is 10.8 Å². The highest BCUT2D eigenvalue weighted by Gasteiger charge is 2.02. The van der Waals surface area contributed by atoms with Crippen LogP contribution >= 0.6 is 23.8 Å². The second-order valence-corrected chi connectivity index (χ2v) is 4.76. The summed E-state index contributed by atoms with van der Waals surface area (Å²) in [5.74, 6) is 0.737. The highest BCUT2D eigenvalue weighted by atomic mass is 35.5. The van der Waals surface area contributed by atoms with Gasteiger partial charge in [0.05, 0.1) is 0 Å². The molecule has 0 saturated carbocycles. The molecule has 0 spiro atoms. The minimum atomic E-state index is 0.344. The predicted octanol–water partition coefficient (Wildman–Crippen LogP) is 3.42. The Labute approximate surface area is 116 Å². The average Bonchev–Trinajstić information content (AvgIpc) is 2.33. The first-order chi connectivity index (χ1) is 8.56. The van der Waals surface area contributed by atoms with Gasteiger partial charge in [0, 0.05) is 22.5 Å². The van der Waals surface area contributed by atoms with E-state index in [2.05, 4.69) is 10.3 Å². The summed E-state index contributed by atoms with van der Waals surface area (Å²) in [5, 5.41) is 3.93. The Bertz CT molecular complexity index is 581. The molecule has 0 amide bonds. The highest BCUT2D eigenvalue weighted by Crippen LogP contribution is 2.22. The van der Waals surface area contributed by atoms with E-state index in [0.29, 0.717) is 4.99 Å². The summed E-state index contributed by atoms with van der Waals surface area (Å²) in [4.78, 5) is 4.59. The summed E-state index contributed by atoms with van der Waals surface area (Å²) >= 11 is 10.8. The Morgan fingerprint density at radius 1 is 1.33 bits per heavy atom. The molecule has 1 aromatic heterocycles. The van der Waals surface area contributed by atoms with Gasteiger partial charge in [0.25, 0.3) is 0 Å². The lowest BCUT2D eigenvalue weighted by molar-refractivity contribution is 1.29. The molecule has 2 aromatic rings. The molecule has 1 heterocycles. The number of aromatic nitrogens is 1. The molecule has 92 valence electrons. The zero-order chi connectivity index (χ0) is 13.1. The van der Waals surface area contributed by atoms with Gasteiger partial charge in [-0.05, 0) is 42.8 Å². The number of nitrogens with two attached hydrogens (primary N) is 1. The van der Waals surface area contributed by atoms with Crippen LogP contribution in [0, 0.1) is 6.92 Å². The van der Waals surface area contributed by atoms with Crippen LogP contribution in [0.25, 0.3) is 0 Å². The van der Waals surface area contributed by atoms with Crippen molar-refractivity contribution in [1.29, 1.82) is 0 Å². The van der Waals surface area contributed by atoms with Crippen molar-refractivity contribution in [2.24, 2.45) is 5.73 Å². The van der Waals surface area contributed by atoms with E-state index in [1.165, 1.54) is 0 Å². The molecule has 0 bridgehead atoms. The Morgan fingerprint density at radius 3 is 2.67 bits per heavy atom. The molecule has 1 aromatic carbocycles. The van der Waals surface area contributed by atoms with Crippen LogP contribution in [0.5, 0.6) is 0 Å². The average molecular weight is 278 g/mol. The maximum Gasteiger partial charge on any atom is 0.130 e. The minimum Gasteiger partial charge on any atom is -0.389 e. The number of rotatable bonds is 3. The van der Waals surface area contributed by atoms with Gasteiger partial charge in [-0.2, -0.15) is 0 Å². The third-order valence-electron chi connectivity index (χ3n) is 2.50. The molecule has 0 aliphatic carbocycles. The Hall–Kier alpha value is -1.65. The van der Waals surface area contributed by atoms with E-state index in [-0.39, 0.29) is 0 Å². The third kappa shape index (κ3) is 2.97. The van der Waals surface area contributed by atoms with Gasteiger partial charge in [-0.15, -0.1) is 0 Å². The smallest absolute Gasteiger partial charge is 0.130 e. The van der Waals surface area contributed by atoms with E-state index in [0.717, 1.165) is 27.7 Å². The Kier molecular flexibility index (Phi) is 3.79. The van der Waals surface area contributed by atoms with E-state index in [1.54, 1.807) is 6.20 Å². The fraction of sp³-hybridized carbons (Fsp3) is 0.0769. The number of benzene rings is 1. The number of pyridine rings is 1. The Balaban J connectivity index is 2.21. The van der Waals surface area contributed by atoms with Crippen LogP contribution in [0.15, 0.2) is 36.5 Å². The monoisotopic (exact) mass is 277 g/mol. The fourth-order valence-corrected chi connectivity index (χ4v) is 1.87. The quantitative estimate of drug-likeness (QED) is 0.844. The molecule has 0 radical (unpaired) electrons. The second-order valence-electron chi connectivity index (χ2n) is 3.88. The zero-order valence-corrected chi connectivity index (χ0v) is 11.3. The van der Waals surface area contributed by atoms with E-state index in [9.17, 15) is 0 Å². The second kappa shape index (κ2) is 5.33. The summed E-state index contributed by atoms with van der Waals surface area (Å²) in [6.07, 6.45) is 1.65. The minimum absolute atomic E-state index is 0.344. The highest BCUT2D eigenvalue weighted by molar-refractivity contribution is 7.80. The first kappa shape index (κ1) is 12.8. The molecule has 0 unspecified atom stereocenters. The van der Waals surface area contributed by atoms with Crippen molar-refractivity contribution in [2.75, 3.05) is 5.32 Å². The van der Waals surface area contributed by atoms with Crippen LogP contribution in [0.2, 0.25) is 5.02 Å². The molecule has 0 aliphatic heterocycles. The van der Waals surface area contributed by atoms with Crippen LogP contribution in [0.4, 0.5) is 11.5 Å². The van der Waals surface area contributed by atoms with Crippen LogP contribution in [0.3, 0.4) is 0 Å². The van der Waals surface area contributed by atoms with Gasteiger partial charge >= 0.3 is 0 Å². The summed E-state index contributed by atoms with van der Waals surface area (Å²) in [7, 11) is 0. The molecular formula is C13H12ClN3S. The van der Waals surface area contributed by atoms with Gasteiger partial charge in [-0.3, -0.25) is 0 Å². The van der Waals surface area contributed by atoms with Gasteiger partial charge in [-0.25, -0.2) is 4.98 Å². The number of halogens is 1. The topological polar surface area (TPSA) is 50.9 Å².